The van der Waals surface area contributed by atoms with Gasteiger partial charge in [0.1, 0.15) is 36.0 Å². The molecule has 2 saturated heterocycles. The van der Waals surface area contributed by atoms with Crippen molar-refractivity contribution in [1.29, 1.82) is 0 Å². The van der Waals surface area contributed by atoms with Crippen LogP contribution in [-0.2, 0) is 56.0 Å². The van der Waals surface area contributed by atoms with E-state index in [0.29, 0.717) is 6.61 Å². The van der Waals surface area contributed by atoms with Crippen molar-refractivity contribution in [2.75, 3.05) is 6.61 Å². The van der Waals surface area contributed by atoms with Gasteiger partial charge in [-0.15, -0.1) is 0 Å². The van der Waals surface area contributed by atoms with Crippen LogP contribution in [0.15, 0.2) is 95.9 Å². The number of ether oxygens (including phenoxy) is 7. The van der Waals surface area contributed by atoms with Crippen molar-refractivity contribution < 1.29 is 47.9 Å². The Morgan fingerprint density at radius 3 is 1.87 bits per heavy atom. The number of benzene rings is 3. The number of carbonyl (C=O) groups is 2. The summed E-state index contributed by atoms with van der Waals surface area (Å²) in [6.45, 7) is 4.82. The normalized spacial score (nSPS) is 29.1. The topological polar surface area (TPSA) is 119 Å². The first kappa shape index (κ1) is 35.0. The van der Waals surface area contributed by atoms with Crippen LogP contribution in [0.2, 0.25) is 0 Å². The maximum Gasteiger partial charge on any atom is 0.303 e. The zero-order valence-corrected chi connectivity index (χ0v) is 27.5. The van der Waals surface area contributed by atoms with E-state index in [9.17, 15) is 14.7 Å². The van der Waals surface area contributed by atoms with E-state index < -0.39 is 66.4 Å². The monoisotopic (exact) mass is 666 g/mol. The van der Waals surface area contributed by atoms with Gasteiger partial charge in [-0.25, -0.2) is 0 Å². The molecule has 0 aliphatic carbocycles. The molecule has 0 bridgehead atoms. The lowest BCUT2D eigenvalue weighted by atomic mass is 9.99. The fourth-order valence-corrected chi connectivity index (χ4v) is 6.81. The van der Waals surface area contributed by atoms with Gasteiger partial charge in [0, 0.05) is 25.2 Å². The van der Waals surface area contributed by atoms with Crippen LogP contribution >= 0.6 is 11.8 Å². The molecule has 11 heteroatoms. The van der Waals surface area contributed by atoms with E-state index in [1.807, 2.05) is 91.0 Å². The van der Waals surface area contributed by atoms with Crippen molar-refractivity contribution in [3.63, 3.8) is 0 Å². The summed E-state index contributed by atoms with van der Waals surface area (Å²) in [4.78, 5) is 24.5. The van der Waals surface area contributed by atoms with E-state index in [2.05, 4.69) is 0 Å². The Morgan fingerprint density at radius 1 is 0.745 bits per heavy atom. The second kappa shape index (κ2) is 17.2. The molecule has 0 unspecified atom stereocenters. The zero-order valence-electron chi connectivity index (χ0n) is 26.7. The first-order valence-electron chi connectivity index (χ1n) is 15.7. The Morgan fingerprint density at radius 2 is 1.30 bits per heavy atom. The number of hydrogen-bond donors (Lipinski definition) is 1. The van der Waals surface area contributed by atoms with E-state index >= 15 is 0 Å². The molecule has 47 heavy (non-hydrogen) atoms. The third kappa shape index (κ3) is 10.1. The molecule has 2 aliphatic rings. The predicted octanol–water partition coefficient (Wildman–Crippen LogP) is 5.05. The molecule has 2 fully saturated rings. The van der Waals surface area contributed by atoms with Crippen molar-refractivity contribution in [2.45, 2.75) is 99.8 Å². The summed E-state index contributed by atoms with van der Waals surface area (Å²) in [6, 6.07) is 29.4. The summed E-state index contributed by atoms with van der Waals surface area (Å²) in [5, 5.41) is 11.8. The van der Waals surface area contributed by atoms with Gasteiger partial charge in [-0.05, 0) is 30.2 Å². The molecule has 252 valence electrons. The zero-order chi connectivity index (χ0) is 33.2. The number of esters is 2. The highest BCUT2D eigenvalue weighted by Gasteiger charge is 2.48. The minimum Gasteiger partial charge on any atom is -0.458 e. The average Bonchev–Trinajstić information content (AvgIpc) is 3.06. The maximum absolute atomic E-state index is 11.8. The largest absolute Gasteiger partial charge is 0.458 e. The lowest BCUT2D eigenvalue weighted by Gasteiger charge is -2.45. The Hall–Kier alpha value is -3.29. The predicted molar refractivity (Wildman–Crippen MR) is 173 cm³/mol. The summed E-state index contributed by atoms with van der Waals surface area (Å²) in [6.07, 6.45) is -6.18. The fourth-order valence-electron chi connectivity index (χ4n) is 5.66. The van der Waals surface area contributed by atoms with E-state index in [1.165, 1.54) is 25.6 Å². The molecule has 5 rings (SSSR count). The van der Waals surface area contributed by atoms with Crippen LogP contribution in [0.1, 0.15) is 38.3 Å². The van der Waals surface area contributed by atoms with Crippen LogP contribution in [-0.4, -0.2) is 78.1 Å². The highest BCUT2D eigenvalue weighted by atomic mass is 32.2. The molecule has 2 heterocycles. The van der Waals surface area contributed by atoms with Gasteiger partial charge < -0.3 is 38.3 Å². The SMILES string of the molecule is CC(=O)O[C@H]1[C@H](C)O[C@H](OC[C@H]2O[C@@H](Sc3ccccc3)[C@H](OCc3ccccc3)[C@@H](OCc3ccccc3)[C@@H]2O)C[C@@H]1OC(C)=O. The second-order valence-corrected chi connectivity index (χ2v) is 12.7. The van der Waals surface area contributed by atoms with Gasteiger partial charge in [0.2, 0.25) is 0 Å². The summed E-state index contributed by atoms with van der Waals surface area (Å²) in [5.41, 5.74) is 1.37. The molecule has 2 aliphatic heterocycles. The lowest BCUT2D eigenvalue weighted by Crippen LogP contribution is -2.60. The van der Waals surface area contributed by atoms with Gasteiger partial charge in [-0.1, -0.05) is 90.6 Å². The van der Waals surface area contributed by atoms with E-state index in [1.54, 1.807) is 6.92 Å². The van der Waals surface area contributed by atoms with Crippen molar-refractivity contribution in [1.82, 2.24) is 0 Å². The van der Waals surface area contributed by atoms with Gasteiger partial charge in [0.15, 0.2) is 12.4 Å². The Kier molecular flexibility index (Phi) is 12.8. The summed E-state index contributed by atoms with van der Waals surface area (Å²) >= 11 is 1.48. The van der Waals surface area contributed by atoms with E-state index in [-0.39, 0.29) is 19.6 Å². The number of rotatable bonds is 13. The minimum absolute atomic E-state index is 0.0496. The van der Waals surface area contributed by atoms with Crippen molar-refractivity contribution in [3.8, 4) is 0 Å². The molecule has 1 N–H and O–H groups in total. The average molecular weight is 667 g/mol. The summed E-state index contributed by atoms with van der Waals surface area (Å²) in [5.74, 6) is -1.01. The first-order valence-corrected chi connectivity index (χ1v) is 16.6. The third-order valence-electron chi connectivity index (χ3n) is 7.87. The molecular weight excluding hydrogens is 624 g/mol. The Balaban J connectivity index is 1.35. The van der Waals surface area contributed by atoms with Crippen LogP contribution < -0.4 is 0 Å². The molecule has 0 amide bonds. The first-order chi connectivity index (χ1) is 22.8. The second-order valence-electron chi connectivity index (χ2n) is 11.5. The van der Waals surface area contributed by atoms with Crippen LogP contribution in [0, 0.1) is 0 Å². The minimum atomic E-state index is -1.12. The van der Waals surface area contributed by atoms with Gasteiger partial charge in [-0.2, -0.15) is 0 Å². The van der Waals surface area contributed by atoms with Crippen molar-refractivity contribution in [3.05, 3.63) is 102 Å². The van der Waals surface area contributed by atoms with Crippen LogP contribution in [0.3, 0.4) is 0 Å². The molecule has 10 nitrogen and oxygen atoms in total. The quantitative estimate of drug-likeness (QED) is 0.247. The Labute approximate surface area is 279 Å². The van der Waals surface area contributed by atoms with Crippen LogP contribution in [0.5, 0.6) is 0 Å². The van der Waals surface area contributed by atoms with Gasteiger partial charge >= 0.3 is 11.9 Å². The van der Waals surface area contributed by atoms with Crippen molar-refractivity contribution in [2.24, 2.45) is 0 Å². The maximum atomic E-state index is 11.8. The van der Waals surface area contributed by atoms with Crippen LogP contribution in [0.25, 0.3) is 0 Å². The highest BCUT2D eigenvalue weighted by molar-refractivity contribution is 7.99. The number of hydrogen-bond acceptors (Lipinski definition) is 11. The highest BCUT2D eigenvalue weighted by Crippen LogP contribution is 2.37. The lowest BCUT2D eigenvalue weighted by molar-refractivity contribution is -0.279. The molecular formula is C36H42O10S. The molecule has 3 aromatic carbocycles. The third-order valence-corrected chi connectivity index (χ3v) is 9.03. The molecule has 0 saturated carbocycles. The van der Waals surface area contributed by atoms with Gasteiger partial charge in [0.25, 0.3) is 0 Å². The van der Waals surface area contributed by atoms with Crippen LogP contribution in [0.4, 0.5) is 0 Å². The summed E-state index contributed by atoms with van der Waals surface area (Å²) in [7, 11) is 0. The molecule has 3 aromatic rings. The molecule has 0 aromatic heterocycles. The van der Waals surface area contributed by atoms with Gasteiger partial charge in [-0.3, -0.25) is 9.59 Å². The van der Waals surface area contributed by atoms with Gasteiger partial charge in [0.05, 0.1) is 25.9 Å². The van der Waals surface area contributed by atoms with Crippen molar-refractivity contribution >= 4 is 23.7 Å². The Bertz CT molecular complexity index is 1390. The van der Waals surface area contributed by atoms with E-state index in [0.717, 1.165) is 16.0 Å². The summed E-state index contributed by atoms with van der Waals surface area (Å²) < 4.78 is 42.5. The number of aliphatic hydroxyl groups is 1. The number of thioether (sulfide) groups is 1. The molecule has 0 radical (unpaired) electrons. The number of aliphatic hydroxyl groups excluding tert-OH is 1. The fraction of sp³-hybridized carbons (Fsp3) is 0.444. The molecule has 0 spiro atoms. The smallest absolute Gasteiger partial charge is 0.303 e. The molecule has 9 atom stereocenters. The standard InChI is InChI=1S/C36H42O10S/c1-23-33(45-25(3)38)29(44-24(2)37)19-31(43-23)40-22-30-32(39)34(41-20-26-13-7-4-8-14-26)35(42-21-27-15-9-5-10-16-27)36(46-30)47-28-17-11-6-12-18-28/h4-18,23,29-36,39H,19-22H2,1-3H3/t23-,29-,30+,31-,32+,33-,34-,35+,36-/m0/s1. The number of carbonyl (C=O) groups excluding carboxylic acids is 2. The van der Waals surface area contributed by atoms with E-state index in [4.69, 9.17) is 33.2 Å².